The van der Waals surface area contributed by atoms with Crippen molar-refractivity contribution in [1.29, 1.82) is 0 Å². The van der Waals surface area contributed by atoms with E-state index in [0.29, 0.717) is 19.0 Å². The fourth-order valence-corrected chi connectivity index (χ4v) is 2.78. The fraction of sp³-hybridized carbons (Fsp3) is 0.294. The molecule has 1 atom stereocenters. The van der Waals surface area contributed by atoms with E-state index in [4.69, 9.17) is 4.74 Å². The molecule has 0 bridgehead atoms. The lowest BCUT2D eigenvalue weighted by Crippen LogP contribution is -2.36. The molecule has 0 saturated carbocycles. The molecule has 2 amide bonds. The first-order valence-electron chi connectivity index (χ1n) is 7.47. The van der Waals surface area contributed by atoms with Crippen LogP contribution in [-0.4, -0.2) is 17.6 Å². The van der Waals surface area contributed by atoms with Gasteiger partial charge in [-0.3, -0.25) is 0 Å². The minimum atomic E-state index is -0.237. The molecule has 1 aromatic heterocycles. The molecule has 122 valence electrons. The summed E-state index contributed by atoms with van der Waals surface area (Å²) in [7, 11) is 0. The molecule has 0 aliphatic carbocycles. The number of aromatic nitrogens is 1. The number of ether oxygens (including phenoxy) is 1. The molecule has 2 aromatic rings. The fourth-order valence-electron chi connectivity index (χ4n) is 2.15. The molecule has 1 unspecified atom stereocenters. The van der Waals surface area contributed by atoms with Crippen molar-refractivity contribution in [1.82, 2.24) is 15.6 Å². The summed E-state index contributed by atoms with van der Waals surface area (Å²) in [6.07, 6.45) is 1.67. The predicted molar refractivity (Wildman–Crippen MR) is 93.3 cm³/mol. The monoisotopic (exact) mass is 377 g/mol. The van der Waals surface area contributed by atoms with E-state index in [2.05, 4.69) is 31.5 Å². The molecule has 0 fully saturated rings. The van der Waals surface area contributed by atoms with Gasteiger partial charge in [0.05, 0.1) is 12.6 Å². The van der Waals surface area contributed by atoms with Crippen molar-refractivity contribution in [3.8, 4) is 5.88 Å². The summed E-state index contributed by atoms with van der Waals surface area (Å²) >= 11 is 3.49. The molecule has 0 aliphatic rings. The number of hydrogen-bond donors (Lipinski definition) is 2. The Hall–Kier alpha value is -2.08. The zero-order valence-corrected chi connectivity index (χ0v) is 14.8. The van der Waals surface area contributed by atoms with E-state index in [1.807, 2.05) is 50.2 Å². The summed E-state index contributed by atoms with van der Waals surface area (Å²) in [5, 5.41) is 5.75. The van der Waals surface area contributed by atoms with Crippen LogP contribution in [0.25, 0.3) is 0 Å². The van der Waals surface area contributed by atoms with Crippen LogP contribution < -0.4 is 15.4 Å². The van der Waals surface area contributed by atoms with Gasteiger partial charge in [0.1, 0.15) is 0 Å². The standard InChI is InChI=1S/C17H20BrN3O2/c1-3-23-16-13(7-6-10-19-16)11-20-17(22)21-12(2)14-8-4-5-9-15(14)18/h4-10,12H,3,11H2,1-2H3,(H2,20,21,22). The Morgan fingerprint density at radius 3 is 2.83 bits per heavy atom. The van der Waals surface area contributed by atoms with Crippen LogP contribution in [0.3, 0.4) is 0 Å². The third kappa shape index (κ3) is 4.96. The molecule has 0 radical (unpaired) electrons. The molecule has 2 N–H and O–H groups in total. The highest BCUT2D eigenvalue weighted by Gasteiger charge is 2.12. The largest absolute Gasteiger partial charge is 0.478 e. The van der Waals surface area contributed by atoms with Crippen LogP contribution in [0.1, 0.15) is 31.0 Å². The van der Waals surface area contributed by atoms with Crippen molar-refractivity contribution >= 4 is 22.0 Å². The van der Waals surface area contributed by atoms with Gasteiger partial charge in [-0.2, -0.15) is 0 Å². The molecule has 0 aliphatic heterocycles. The van der Waals surface area contributed by atoms with Crippen LogP contribution in [0.5, 0.6) is 5.88 Å². The van der Waals surface area contributed by atoms with Crippen LogP contribution in [0, 0.1) is 0 Å². The highest BCUT2D eigenvalue weighted by Crippen LogP contribution is 2.22. The van der Waals surface area contributed by atoms with Gasteiger partial charge in [0.25, 0.3) is 0 Å². The third-order valence-corrected chi connectivity index (χ3v) is 4.01. The van der Waals surface area contributed by atoms with Gasteiger partial charge in [-0.15, -0.1) is 0 Å². The molecule has 0 saturated heterocycles. The van der Waals surface area contributed by atoms with Gasteiger partial charge in [-0.25, -0.2) is 9.78 Å². The maximum atomic E-state index is 12.1. The van der Waals surface area contributed by atoms with Crippen LogP contribution >= 0.6 is 15.9 Å². The van der Waals surface area contributed by atoms with Crippen LogP contribution in [0.15, 0.2) is 47.1 Å². The molecule has 1 aromatic carbocycles. The molecule has 23 heavy (non-hydrogen) atoms. The van der Waals surface area contributed by atoms with Crippen molar-refractivity contribution < 1.29 is 9.53 Å². The van der Waals surface area contributed by atoms with Gasteiger partial charge >= 0.3 is 6.03 Å². The number of nitrogens with zero attached hydrogens (tertiary/aromatic N) is 1. The van der Waals surface area contributed by atoms with Crippen molar-refractivity contribution in [3.05, 3.63) is 58.2 Å². The number of nitrogens with one attached hydrogen (secondary N) is 2. The molecular formula is C17H20BrN3O2. The van der Waals surface area contributed by atoms with Crippen molar-refractivity contribution in [2.75, 3.05) is 6.61 Å². The molecule has 2 rings (SSSR count). The smallest absolute Gasteiger partial charge is 0.315 e. The maximum absolute atomic E-state index is 12.1. The summed E-state index contributed by atoms with van der Waals surface area (Å²) in [5.41, 5.74) is 1.87. The van der Waals surface area contributed by atoms with Gasteiger partial charge in [-0.05, 0) is 31.5 Å². The SMILES string of the molecule is CCOc1ncccc1CNC(=O)NC(C)c1ccccc1Br. The zero-order valence-electron chi connectivity index (χ0n) is 13.2. The van der Waals surface area contributed by atoms with Gasteiger partial charge in [0.15, 0.2) is 0 Å². The molecule has 0 spiro atoms. The van der Waals surface area contributed by atoms with E-state index < -0.39 is 0 Å². The number of pyridine rings is 1. The topological polar surface area (TPSA) is 63.2 Å². The summed E-state index contributed by atoms with van der Waals surface area (Å²) in [6, 6.07) is 11.2. The van der Waals surface area contributed by atoms with E-state index in [9.17, 15) is 4.79 Å². The number of rotatable bonds is 6. The van der Waals surface area contributed by atoms with Gasteiger partial charge in [0, 0.05) is 22.8 Å². The maximum Gasteiger partial charge on any atom is 0.315 e. The minimum Gasteiger partial charge on any atom is -0.478 e. The quantitative estimate of drug-likeness (QED) is 0.804. The Bertz CT molecular complexity index is 664. The van der Waals surface area contributed by atoms with Gasteiger partial charge < -0.3 is 15.4 Å². The highest BCUT2D eigenvalue weighted by atomic mass is 79.9. The second-order valence-corrected chi connectivity index (χ2v) is 5.83. The van der Waals surface area contributed by atoms with Crippen molar-refractivity contribution in [2.24, 2.45) is 0 Å². The number of amides is 2. The lowest BCUT2D eigenvalue weighted by atomic mass is 10.1. The number of benzene rings is 1. The number of carbonyl (C=O) groups is 1. The Kier molecular flexibility index (Phi) is 6.40. The number of halogens is 1. The van der Waals surface area contributed by atoms with Crippen LogP contribution in [0.2, 0.25) is 0 Å². The third-order valence-electron chi connectivity index (χ3n) is 3.29. The van der Waals surface area contributed by atoms with E-state index in [-0.39, 0.29) is 12.1 Å². The van der Waals surface area contributed by atoms with Crippen molar-refractivity contribution in [3.63, 3.8) is 0 Å². The van der Waals surface area contributed by atoms with Crippen LogP contribution in [0.4, 0.5) is 4.79 Å². The summed E-state index contributed by atoms with van der Waals surface area (Å²) < 4.78 is 6.42. The first kappa shape index (κ1) is 17.3. The summed E-state index contributed by atoms with van der Waals surface area (Å²) in [6.45, 7) is 4.74. The predicted octanol–water partition coefficient (Wildman–Crippen LogP) is 3.80. The van der Waals surface area contributed by atoms with Crippen molar-refractivity contribution in [2.45, 2.75) is 26.4 Å². The van der Waals surface area contributed by atoms with E-state index in [1.165, 1.54) is 0 Å². The average molecular weight is 378 g/mol. The van der Waals surface area contributed by atoms with Crippen LogP contribution in [-0.2, 0) is 6.54 Å². The lowest BCUT2D eigenvalue weighted by Gasteiger charge is -2.17. The normalized spacial score (nSPS) is 11.6. The average Bonchev–Trinajstić information content (AvgIpc) is 2.54. The molecule has 6 heteroatoms. The first-order chi connectivity index (χ1) is 11.1. The second kappa shape index (κ2) is 8.53. The lowest BCUT2D eigenvalue weighted by molar-refractivity contribution is 0.237. The number of carbonyl (C=O) groups excluding carboxylic acids is 1. The van der Waals surface area contributed by atoms with Gasteiger partial charge in [-0.1, -0.05) is 40.2 Å². The minimum absolute atomic E-state index is 0.106. The Morgan fingerprint density at radius 2 is 2.09 bits per heavy atom. The number of urea groups is 1. The van der Waals surface area contributed by atoms with Gasteiger partial charge in [0.2, 0.25) is 5.88 Å². The van der Waals surface area contributed by atoms with E-state index in [1.54, 1.807) is 6.20 Å². The first-order valence-corrected chi connectivity index (χ1v) is 8.26. The Morgan fingerprint density at radius 1 is 1.30 bits per heavy atom. The highest BCUT2D eigenvalue weighted by molar-refractivity contribution is 9.10. The summed E-state index contributed by atoms with van der Waals surface area (Å²) in [5.74, 6) is 0.550. The second-order valence-electron chi connectivity index (χ2n) is 4.97. The van der Waals surface area contributed by atoms with E-state index in [0.717, 1.165) is 15.6 Å². The Balaban J connectivity index is 1.92. The number of hydrogen-bond acceptors (Lipinski definition) is 3. The Labute approximate surface area is 144 Å². The summed E-state index contributed by atoms with van der Waals surface area (Å²) in [4.78, 5) is 16.2. The molecule has 5 nitrogen and oxygen atoms in total. The zero-order chi connectivity index (χ0) is 16.7. The molecule has 1 heterocycles. The molecular weight excluding hydrogens is 358 g/mol. The van der Waals surface area contributed by atoms with E-state index >= 15 is 0 Å².